The lowest BCUT2D eigenvalue weighted by atomic mass is 10.0. The van der Waals surface area contributed by atoms with Gasteiger partial charge >= 0.3 is 5.97 Å². The topological polar surface area (TPSA) is 85.4 Å². The summed E-state index contributed by atoms with van der Waals surface area (Å²) < 4.78 is 6.06. The maximum atomic E-state index is 11.5. The van der Waals surface area contributed by atoms with Crippen LogP contribution in [0.3, 0.4) is 0 Å². The van der Waals surface area contributed by atoms with E-state index in [4.69, 9.17) is 10.5 Å². The molecule has 0 bridgehead atoms. The summed E-state index contributed by atoms with van der Waals surface area (Å²) in [4.78, 5) is 15.9. The summed E-state index contributed by atoms with van der Waals surface area (Å²) in [5, 5.41) is 10.00. The zero-order chi connectivity index (χ0) is 17.3. The Bertz CT molecular complexity index is 921. The van der Waals surface area contributed by atoms with E-state index in [9.17, 15) is 9.90 Å². The third-order valence-corrected chi connectivity index (χ3v) is 3.96. The van der Waals surface area contributed by atoms with E-state index in [2.05, 4.69) is 4.98 Å². The number of anilines is 1. The molecule has 5 heteroatoms. The summed E-state index contributed by atoms with van der Waals surface area (Å²) in [6.45, 7) is 3.65. The number of pyridine rings is 1. The number of carboxylic acid groups (broad SMARTS) is 1. The van der Waals surface area contributed by atoms with E-state index in [0.717, 1.165) is 12.0 Å². The number of nitrogens with two attached hydrogens (primary N) is 1. The summed E-state index contributed by atoms with van der Waals surface area (Å²) >= 11 is 0. The van der Waals surface area contributed by atoms with Crippen molar-refractivity contribution in [2.24, 2.45) is 0 Å². The summed E-state index contributed by atoms with van der Waals surface area (Å²) in [6, 6.07) is 13.1. The fourth-order valence-corrected chi connectivity index (χ4v) is 2.80. The maximum absolute atomic E-state index is 11.5. The fraction of sp³-hybridized carbons (Fsp3) is 0.158. The second kappa shape index (κ2) is 6.20. The summed E-state index contributed by atoms with van der Waals surface area (Å²) in [6.07, 6.45) is 0.730. The number of nitrogens with zero attached hydrogens (tertiary/aromatic N) is 1. The van der Waals surface area contributed by atoms with Gasteiger partial charge in [0.05, 0.1) is 22.3 Å². The molecule has 0 spiro atoms. The molecule has 5 nitrogen and oxygen atoms in total. The number of hydrogen-bond acceptors (Lipinski definition) is 4. The van der Waals surface area contributed by atoms with Gasteiger partial charge in [0.25, 0.3) is 0 Å². The van der Waals surface area contributed by atoms with E-state index in [-0.39, 0.29) is 11.3 Å². The Hall–Kier alpha value is -3.08. The van der Waals surface area contributed by atoms with Gasteiger partial charge in [-0.05, 0) is 37.1 Å². The van der Waals surface area contributed by atoms with Crippen molar-refractivity contribution < 1.29 is 14.6 Å². The number of hydrogen-bond donors (Lipinski definition) is 2. The van der Waals surface area contributed by atoms with Crippen LogP contribution < -0.4 is 10.5 Å². The third-order valence-electron chi connectivity index (χ3n) is 3.96. The van der Waals surface area contributed by atoms with Crippen LogP contribution in [0, 0.1) is 6.92 Å². The molecular formula is C19H18N2O3. The number of para-hydroxylation sites is 1. The average molecular weight is 322 g/mol. The van der Waals surface area contributed by atoms with Crippen LogP contribution in [0.5, 0.6) is 11.5 Å². The Kier molecular flexibility index (Phi) is 4.08. The molecular weight excluding hydrogens is 304 g/mol. The first-order valence-electron chi connectivity index (χ1n) is 7.70. The quantitative estimate of drug-likeness (QED) is 0.752. The zero-order valence-corrected chi connectivity index (χ0v) is 13.5. The Morgan fingerprint density at radius 2 is 1.92 bits per heavy atom. The second-order valence-electron chi connectivity index (χ2n) is 5.51. The molecule has 0 radical (unpaired) electrons. The van der Waals surface area contributed by atoms with Crippen molar-refractivity contribution in [1.29, 1.82) is 0 Å². The highest BCUT2D eigenvalue weighted by Gasteiger charge is 2.21. The molecule has 0 saturated carbocycles. The van der Waals surface area contributed by atoms with Gasteiger partial charge in [-0.3, -0.25) is 4.98 Å². The second-order valence-corrected chi connectivity index (χ2v) is 5.51. The van der Waals surface area contributed by atoms with Gasteiger partial charge in [-0.1, -0.05) is 31.2 Å². The monoisotopic (exact) mass is 322 g/mol. The number of aromatic nitrogens is 1. The summed E-state index contributed by atoms with van der Waals surface area (Å²) in [7, 11) is 0. The number of aromatic carboxylic acids is 1. The Balaban J connectivity index is 2.32. The molecule has 0 amide bonds. The standard InChI is InChI=1S/C19H18N2O3/c1-3-12-9-10-14-16(17(20)15(19(22)23)11(2)21-14)18(12)24-13-7-5-4-6-8-13/h4-10H,3H2,1-2H3,(H2,20,21)(H,22,23). The van der Waals surface area contributed by atoms with Crippen LogP contribution in [0.4, 0.5) is 5.69 Å². The number of nitrogen functional groups attached to an aromatic ring is 1. The lowest BCUT2D eigenvalue weighted by Gasteiger charge is -2.16. The molecule has 0 aliphatic carbocycles. The van der Waals surface area contributed by atoms with Gasteiger partial charge in [-0.25, -0.2) is 4.79 Å². The molecule has 0 saturated heterocycles. The summed E-state index contributed by atoms with van der Waals surface area (Å²) in [5.41, 5.74) is 8.37. The highest BCUT2D eigenvalue weighted by atomic mass is 16.5. The minimum absolute atomic E-state index is 0.0219. The van der Waals surface area contributed by atoms with Gasteiger partial charge in [0, 0.05) is 0 Å². The largest absolute Gasteiger partial charge is 0.478 e. The smallest absolute Gasteiger partial charge is 0.339 e. The maximum Gasteiger partial charge on any atom is 0.339 e. The van der Waals surface area contributed by atoms with Crippen LogP contribution in [0.25, 0.3) is 10.9 Å². The Morgan fingerprint density at radius 3 is 2.54 bits per heavy atom. The van der Waals surface area contributed by atoms with Gasteiger partial charge in [-0.2, -0.15) is 0 Å². The number of rotatable bonds is 4. The van der Waals surface area contributed by atoms with Gasteiger partial charge in [0.1, 0.15) is 17.1 Å². The van der Waals surface area contributed by atoms with Crippen molar-refractivity contribution in [3.8, 4) is 11.5 Å². The molecule has 0 fully saturated rings. The minimum Gasteiger partial charge on any atom is -0.478 e. The molecule has 1 aromatic heterocycles. The first kappa shape index (κ1) is 15.8. The molecule has 3 aromatic rings. The summed E-state index contributed by atoms with van der Waals surface area (Å²) in [5.74, 6) is 0.136. The van der Waals surface area contributed by atoms with Gasteiger partial charge in [0.15, 0.2) is 0 Å². The number of carbonyl (C=O) groups is 1. The van der Waals surface area contributed by atoms with Crippen molar-refractivity contribution >= 4 is 22.6 Å². The van der Waals surface area contributed by atoms with Crippen molar-refractivity contribution in [2.75, 3.05) is 5.73 Å². The highest BCUT2D eigenvalue weighted by molar-refractivity contribution is 6.07. The molecule has 3 rings (SSSR count). The van der Waals surface area contributed by atoms with Gasteiger partial charge in [-0.15, -0.1) is 0 Å². The Morgan fingerprint density at radius 1 is 1.21 bits per heavy atom. The lowest BCUT2D eigenvalue weighted by Crippen LogP contribution is -2.08. The normalized spacial score (nSPS) is 10.8. The van der Waals surface area contributed by atoms with E-state index in [1.54, 1.807) is 6.92 Å². The van der Waals surface area contributed by atoms with Crippen LogP contribution >= 0.6 is 0 Å². The molecule has 0 unspecified atom stereocenters. The molecule has 122 valence electrons. The van der Waals surface area contributed by atoms with Crippen molar-refractivity contribution in [3.05, 3.63) is 59.3 Å². The molecule has 1 heterocycles. The van der Waals surface area contributed by atoms with Crippen molar-refractivity contribution in [2.45, 2.75) is 20.3 Å². The van der Waals surface area contributed by atoms with Crippen molar-refractivity contribution in [3.63, 3.8) is 0 Å². The van der Waals surface area contributed by atoms with Crippen LogP contribution in [0.1, 0.15) is 28.5 Å². The van der Waals surface area contributed by atoms with Crippen LogP contribution in [0.2, 0.25) is 0 Å². The predicted molar refractivity (Wildman–Crippen MR) is 93.7 cm³/mol. The van der Waals surface area contributed by atoms with E-state index in [0.29, 0.717) is 28.1 Å². The molecule has 0 aliphatic heterocycles. The van der Waals surface area contributed by atoms with E-state index in [1.807, 2.05) is 49.4 Å². The number of fused-ring (bicyclic) bond motifs is 1. The van der Waals surface area contributed by atoms with E-state index < -0.39 is 5.97 Å². The molecule has 3 N–H and O–H groups in total. The molecule has 0 aliphatic rings. The van der Waals surface area contributed by atoms with E-state index >= 15 is 0 Å². The van der Waals surface area contributed by atoms with Crippen LogP contribution in [-0.2, 0) is 6.42 Å². The number of carboxylic acids is 1. The fourth-order valence-electron chi connectivity index (χ4n) is 2.80. The zero-order valence-electron chi connectivity index (χ0n) is 13.5. The first-order chi connectivity index (χ1) is 11.5. The first-order valence-corrected chi connectivity index (χ1v) is 7.70. The molecule has 2 aromatic carbocycles. The predicted octanol–water partition coefficient (Wildman–Crippen LogP) is 4.18. The lowest BCUT2D eigenvalue weighted by molar-refractivity contribution is 0.0697. The van der Waals surface area contributed by atoms with E-state index in [1.165, 1.54) is 0 Å². The van der Waals surface area contributed by atoms with Gasteiger partial charge in [0.2, 0.25) is 0 Å². The third kappa shape index (κ3) is 2.65. The highest BCUT2D eigenvalue weighted by Crippen LogP contribution is 2.38. The number of ether oxygens (including phenoxy) is 1. The van der Waals surface area contributed by atoms with Crippen LogP contribution in [-0.4, -0.2) is 16.1 Å². The number of benzene rings is 2. The molecule has 0 atom stereocenters. The van der Waals surface area contributed by atoms with Crippen LogP contribution in [0.15, 0.2) is 42.5 Å². The molecule has 24 heavy (non-hydrogen) atoms. The minimum atomic E-state index is -1.09. The average Bonchev–Trinajstić information content (AvgIpc) is 2.55. The SMILES string of the molecule is CCc1ccc2nc(C)c(C(=O)O)c(N)c2c1Oc1ccccc1. The van der Waals surface area contributed by atoms with Gasteiger partial charge < -0.3 is 15.6 Å². The van der Waals surface area contributed by atoms with Crippen molar-refractivity contribution in [1.82, 2.24) is 4.98 Å². The number of aryl methyl sites for hydroxylation is 2. The Labute approximate surface area is 139 Å².